The molecule has 90 valence electrons. The molecule has 0 aromatic carbocycles. The van der Waals surface area contributed by atoms with Gasteiger partial charge >= 0.3 is 0 Å². The first kappa shape index (κ1) is 13.5. The lowest BCUT2D eigenvalue weighted by atomic mass is 10.2. The van der Waals surface area contributed by atoms with Gasteiger partial charge in [-0.15, -0.1) is 0 Å². The highest BCUT2D eigenvalue weighted by atomic mass is 32.2. The fourth-order valence-corrected chi connectivity index (χ4v) is 1.88. The van der Waals surface area contributed by atoms with E-state index in [1.165, 1.54) is 17.7 Å². The Morgan fingerprint density at radius 3 is 2.88 bits per heavy atom. The molecule has 0 aliphatic rings. The van der Waals surface area contributed by atoms with Crippen LogP contribution in [0.4, 0.5) is 0 Å². The summed E-state index contributed by atoms with van der Waals surface area (Å²) >= 11 is 1.93. The summed E-state index contributed by atoms with van der Waals surface area (Å²) in [6.45, 7) is 6.50. The van der Waals surface area contributed by atoms with E-state index in [0.29, 0.717) is 0 Å². The predicted octanol–water partition coefficient (Wildman–Crippen LogP) is 2.96. The zero-order valence-electron chi connectivity index (χ0n) is 10.7. The molecule has 0 bridgehead atoms. The Kier molecular flexibility index (Phi) is 5.85. The number of pyridine rings is 1. The summed E-state index contributed by atoms with van der Waals surface area (Å²) in [4.78, 5) is 6.77. The summed E-state index contributed by atoms with van der Waals surface area (Å²) in [7, 11) is 2.17. The number of aromatic nitrogens is 1. The molecule has 1 aromatic heterocycles. The van der Waals surface area contributed by atoms with Gasteiger partial charge in [0.15, 0.2) is 0 Å². The van der Waals surface area contributed by atoms with Crippen LogP contribution in [0.25, 0.3) is 0 Å². The SMILES string of the molecule is CSC(C)CCN(C)Cc1ncccc1C. The predicted molar refractivity (Wildman–Crippen MR) is 72.9 cm³/mol. The first-order valence-corrected chi connectivity index (χ1v) is 7.04. The Labute approximate surface area is 103 Å². The van der Waals surface area contributed by atoms with Gasteiger partial charge in [-0.05, 0) is 44.8 Å². The van der Waals surface area contributed by atoms with Gasteiger partial charge in [-0.25, -0.2) is 0 Å². The van der Waals surface area contributed by atoms with Crippen molar-refractivity contribution in [1.82, 2.24) is 9.88 Å². The van der Waals surface area contributed by atoms with Crippen LogP contribution in [-0.4, -0.2) is 35.0 Å². The molecule has 1 atom stereocenters. The molecule has 0 fully saturated rings. The molecule has 16 heavy (non-hydrogen) atoms. The summed E-state index contributed by atoms with van der Waals surface area (Å²) in [5.74, 6) is 0. The summed E-state index contributed by atoms with van der Waals surface area (Å²) in [6, 6.07) is 4.12. The van der Waals surface area contributed by atoms with Crippen molar-refractivity contribution in [2.75, 3.05) is 19.8 Å². The second-order valence-corrected chi connectivity index (χ2v) is 5.62. The first-order chi connectivity index (χ1) is 7.63. The molecule has 0 radical (unpaired) electrons. The van der Waals surface area contributed by atoms with Crippen molar-refractivity contribution in [1.29, 1.82) is 0 Å². The molecule has 2 nitrogen and oxygen atoms in total. The molecular formula is C13H22N2S. The van der Waals surface area contributed by atoms with Crippen molar-refractivity contribution in [3.63, 3.8) is 0 Å². The molecule has 1 heterocycles. The van der Waals surface area contributed by atoms with Crippen molar-refractivity contribution in [2.24, 2.45) is 0 Å². The standard InChI is InChI=1S/C13H22N2S/c1-11-6-5-8-14-13(11)10-15(3)9-7-12(2)16-4/h5-6,8,12H,7,9-10H2,1-4H3. The molecule has 0 amide bonds. The minimum absolute atomic E-state index is 0.743. The summed E-state index contributed by atoms with van der Waals surface area (Å²) in [6.07, 6.45) is 5.29. The van der Waals surface area contributed by atoms with Gasteiger partial charge in [0.25, 0.3) is 0 Å². The third-order valence-electron chi connectivity index (χ3n) is 2.86. The Morgan fingerprint density at radius 1 is 1.50 bits per heavy atom. The molecule has 1 rings (SSSR count). The summed E-state index contributed by atoms with van der Waals surface area (Å²) in [5, 5.41) is 0.743. The molecule has 0 saturated carbocycles. The number of rotatable bonds is 6. The van der Waals surface area contributed by atoms with Gasteiger partial charge in [-0.3, -0.25) is 4.98 Å². The lowest BCUT2D eigenvalue weighted by Gasteiger charge is -2.18. The average Bonchev–Trinajstić information content (AvgIpc) is 2.29. The number of aryl methyl sites for hydroxylation is 1. The van der Waals surface area contributed by atoms with E-state index < -0.39 is 0 Å². The second-order valence-electron chi connectivity index (χ2n) is 4.34. The zero-order valence-corrected chi connectivity index (χ0v) is 11.5. The molecule has 0 aliphatic carbocycles. The molecule has 0 N–H and O–H groups in total. The Balaban J connectivity index is 2.40. The van der Waals surface area contributed by atoms with Crippen LogP contribution in [0.2, 0.25) is 0 Å². The van der Waals surface area contributed by atoms with Crippen LogP contribution in [0.3, 0.4) is 0 Å². The zero-order chi connectivity index (χ0) is 12.0. The smallest absolute Gasteiger partial charge is 0.0572 e. The van der Waals surface area contributed by atoms with Gasteiger partial charge in [-0.2, -0.15) is 11.8 Å². The first-order valence-electron chi connectivity index (χ1n) is 5.75. The summed E-state index contributed by atoms with van der Waals surface area (Å²) in [5.41, 5.74) is 2.48. The van der Waals surface area contributed by atoms with E-state index in [1.807, 2.05) is 24.0 Å². The number of hydrogen-bond donors (Lipinski definition) is 0. The largest absolute Gasteiger partial charge is 0.300 e. The van der Waals surface area contributed by atoms with E-state index in [9.17, 15) is 0 Å². The fraction of sp³-hybridized carbons (Fsp3) is 0.615. The molecule has 0 saturated heterocycles. The van der Waals surface area contributed by atoms with Crippen LogP contribution in [0, 0.1) is 6.92 Å². The van der Waals surface area contributed by atoms with Gasteiger partial charge < -0.3 is 4.90 Å². The molecular weight excluding hydrogens is 216 g/mol. The normalized spacial score (nSPS) is 13.1. The highest BCUT2D eigenvalue weighted by Gasteiger charge is 2.06. The molecule has 1 unspecified atom stereocenters. The van der Waals surface area contributed by atoms with Crippen LogP contribution >= 0.6 is 11.8 Å². The van der Waals surface area contributed by atoms with Crippen molar-refractivity contribution in [3.05, 3.63) is 29.6 Å². The highest BCUT2D eigenvalue weighted by Crippen LogP contribution is 2.11. The number of thioether (sulfide) groups is 1. The van der Waals surface area contributed by atoms with E-state index in [4.69, 9.17) is 0 Å². The van der Waals surface area contributed by atoms with E-state index >= 15 is 0 Å². The molecule has 3 heteroatoms. The topological polar surface area (TPSA) is 16.1 Å². The number of nitrogens with zero attached hydrogens (tertiary/aromatic N) is 2. The van der Waals surface area contributed by atoms with E-state index in [0.717, 1.165) is 18.3 Å². The van der Waals surface area contributed by atoms with Crippen LogP contribution in [0.15, 0.2) is 18.3 Å². The van der Waals surface area contributed by atoms with Gasteiger partial charge in [0, 0.05) is 18.0 Å². The maximum atomic E-state index is 4.42. The van der Waals surface area contributed by atoms with Crippen LogP contribution < -0.4 is 0 Å². The number of hydrogen-bond acceptors (Lipinski definition) is 3. The Hall–Kier alpha value is -0.540. The fourth-order valence-electron chi connectivity index (χ4n) is 1.54. The van der Waals surface area contributed by atoms with Crippen LogP contribution in [0.5, 0.6) is 0 Å². The lowest BCUT2D eigenvalue weighted by molar-refractivity contribution is 0.318. The minimum Gasteiger partial charge on any atom is -0.300 e. The highest BCUT2D eigenvalue weighted by molar-refractivity contribution is 7.99. The Morgan fingerprint density at radius 2 is 2.25 bits per heavy atom. The third-order valence-corrected chi connectivity index (χ3v) is 3.90. The van der Waals surface area contributed by atoms with Crippen molar-refractivity contribution >= 4 is 11.8 Å². The van der Waals surface area contributed by atoms with Crippen molar-refractivity contribution < 1.29 is 0 Å². The molecule has 0 aliphatic heterocycles. The van der Waals surface area contributed by atoms with Gasteiger partial charge in [0.2, 0.25) is 0 Å². The van der Waals surface area contributed by atoms with Crippen LogP contribution in [-0.2, 0) is 6.54 Å². The monoisotopic (exact) mass is 238 g/mol. The second kappa shape index (κ2) is 6.92. The van der Waals surface area contributed by atoms with E-state index in [-0.39, 0.29) is 0 Å². The van der Waals surface area contributed by atoms with Crippen molar-refractivity contribution in [2.45, 2.75) is 32.1 Å². The molecule has 0 spiro atoms. The summed E-state index contributed by atoms with van der Waals surface area (Å²) < 4.78 is 0. The van der Waals surface area contributed by atoms with E-state index in [1.54, 1.807) is 0 Å². The van der Waals surface area contributed by atoms with Gasteiger partial charge in [-0.1, -0.05) is 13.0 Å². The minimum atomic E-state index is 0.743. The lowest BCUT2D eigenvalue weighted by Crippen LogP contribution is -2.22. The maximum absolute atomic E-state index is 4.42. The van der Waals surface area contributed by atoms with Crippen LogP contribution in [0.1, 0.15) is 24.6 Å². The quantitative estimate of drug-likeness (QED) is 0.758. The average molecular weight is 238 g/mol. The van der Waals surface area contributed by atoms with Crippen molar-refractivity contribution in [3.8, 4) is 0 Å². The Bertz CT molecular complexity index is 315. The molecule has 1 aromatic rings. The van der Waals surface area contributed by atoms with Gasteiger partial charge in [0.05, 0.1) is 5.69 Å². The maximum Gasteiger partial charge on any atom is 0.0572 e. The third kappa shape index (κ3) is 4.54. The van der Waals surface area contributed by atoms with E-state index in [2.05, 4.69) is 43.1 Å². The van der Waals surface area contributed by atoms with Gasteiger partial charge in [0.1, 0.15) is 0 Å².